The molecule has 0 unspecified atom stereocenters. The average Bonchev–Trinajstić information content (AvgIpc) is 1.94. The van der Waals surface area contributed by atoms with E-state index in [9.17, 15) is 0 Å². The van der Waals surface area contributed by atoms with Crippen molar-refractivity contribution in [3.63, 3.8) is 0 Å². The van der Waals surface area contributed by atoms with Crippen molar-refractivity contribution >= 4 is 29.8 Å². The van der Waals surface area contributed by atoms with Crippen molar-refractivity contribution in [2.75, 3.05) is 0 Å². The first-order chi connectivity index (χ1) is 8.66. The third-order valence-corrected chi connectivity index (χ3v) is 0. The second-order valence-electron chi connectivity index (χ2n) is 2.47. The van der Waals surface area contributed by atoms with E-state index >= 15 is 0 Å². The maximum absolute atomic E-state index is 9.00. The predicted octanol–water partition coefficient (Wildman–Crippen LogP) is -2.05. The number of aliphatic carboxylic acids is 3. The molecule has 0 fully saturated rings. The van der Waals surface area contributed by atoms with E-state index in [4.69, 9.17) is 40.5 Å². The summed E-state index contributed by atoms with van der Waals surface area (Å²) in [7, 11) is 0. The lowest BCUT2D eigenvalue weighted by molar-refractivity contribution is -0.135. The third kappa shape index (κ3) is 313. The number of hydrogen-bond acceptors (Lipinski definition) is 5. The van der Waals surface area contributed by atoms with Crippen LogP contribution >= 0.6 is 0 Å². The summed E-state index contributed by atoms with van der Waals surface area (Å²) in [6, 6.07) is 0. The Labute approximate surface area is 115 Å². The van der Waals surface area contributed by atoms with E-state index in [1.807, 2.05) is 0 Å². The van der Waals surface area contributed by atoms with Crippen LogP contribution in [0.15, 0.2) is 0 Å². The minimum atomic E-state index is -0.833. The summed E-state index contributed by atoms with van der Waals surface area (Å²) in [5.74, 6) is -3.17. The van der Waals surface area contributed by atoms with Gasteiger partial charge in [0.15, 0.2) is 11.9 Å². The Balaban J connectivity index is -0.0000000469. The average molecular weight is 298 g/mol. The quantitative estimate of drug-likeness (QED) is 0.174. The molecule has 0 atom stereocenters. The van der Waals surface area contributed by atoms with Gasteiger partial charge in [0, 0.05) is 20.8 Å². The van der Waals surface area contributed by atoms with Gasteiger partial charge < -0.3 is 38.3 Å². The Morgan fingerprint density at radius 3 is 0.650 bits per heavy atom. The number of nitrogens with one attached hydrogen (secondary N) is 2. The molecule has 0 aromatic carbocycles. The van der Waals surface area contributed by atoms with Crippen LogP contribution < -0.4 is 22.9 Å². The smallest absolute Gasteiger partial charge is 0.300 e. The normalized spacial score (nSPS) is 6.15. The maximum atomic E-state index is 9.00. The van der Waals surface area contributed by atoms with Crippen molar-refractivity contribution in [1.29, 1.82) is 10.8 Å². The van der Waals surface area contributed by atoms with E-state index in [1.54, 1.807) is 0 Å². The molecule has 12 nitrogen and oxygen atoms in total. The first-order valence-electron chi connectivity index (χ1n) is 4.44. The van der Waals surface area contributed by atoms with Gasteiger partial charge in [-0.05, 0) is 0 Å². The molecule has 0 aliphatic carbocycles. The molecule has 0 saturated heterocycles. The molecule has 0 bridgehead atoms. The standard InChI is InChI=1S/3C2H4O2.2CH5N3/c3*1-2(3)4;2*2-1(3)4/h3*1H3,(H,3,4);2*(H5,2,3,4). The molecule has 12 heteroatoms. The Hall–Kier alpha value is -3.05. The number of hydrogen-bond donors (Lipinski definition) is 9. The first-order valence-corrected chi connectivity index (χ1v) is 4.44. The first kappa shape index (κ1) is 30.2. The van der Waals surface area contributed by atoms with Crippen molar-refractivity contribution in [3.05, 3.63) is 0 Å². The van der Waals surface area contributed by atoms with Crippen molar-refractivity contribution in [1.82, 2.24) is 0 Å². The van der Waals surface area contributed by atoms with Crippen LogP contribution in [0.1, 0.15) is 20.8 Å². The highest BCUT2D eigenvalue weighted by Crippen LogP contribution is 1.42. The van der Waals surface area contributed by atoms with Gasteiger partial charge in [0.2, 0.25) is 0 Å². The topological polar surface area (TPSA) is 264 Å². The highest BCUT2D eigenvalue weighted by molar-refractivity contribution is 5.72. The summed E-state index contributed by atoms with van der Waals surface area (Å²) in [6.45, 7) is 3.25. The minimum absolute atomic E-state index is 0.333. The van der Waals surface area contributed by atoms with Crippen LogP contribution in [0.25, 0.3) is 0 Å². The van der Waals surface area contributed by atoms with Gasteiger partial charge in [0.05, 0.1) is 0 Å². The molecule has 120 valence electrons. The predicted molar refractivity (Wildman–Crippen MR) is 72.1 cm³/mol. The molecule has 13 N–H and O–H groups in total. The molecule has 0 rings (SSSR count). The second-order valence-corrected chi connectivity index (χ2v) is 2.47. The van der Waals surface area contributed by atoms with Gasteiger partial charge in [-0.2, -0.15) is 0 Å². The highest BCUT2D eigenvalue weighted by Gasteiger charge is 1.66. The maximum Gasteiger partial charge on any atom is 0.300 e. The van der Waals surface area contributed by atoms with Crippen molar-refractivity contribution in [3.8, 4) is 0 Å². The zero-order valence-electron chi connectivity index (χ0n) is 11.4. The van der Waals surface area contributed by atoms with Crippen LogP contribution in [0.5, 0.6) is 0 Å². The zero-order chi connectivity index (χ0) is 17.9. The fraction of sp³-hybridized carbons (Fsp3) is 0.375. The Morgan fingerprint density at radius 2 is 0.650 bits per heavy atom. The summed E-state index contributed by atoms with van der Waals surface area (Å²) in [5.41, 5.74) is 17.9. The molecule has 0 radical (unpaired) electrons. The summed E-state index contributed by atoms with van der Waals surface area (Å²) in [4.78, 5) is 27.0. The summed E-state index contributed by atoms with van der Waals surface area (Å²) in [6.07, 6.45) is 0. The summed E-state index contributed by atoms with van der Waals surface area (Å²) >= 11 is 0. The SMILES string of the molecule is CC(=O)O.CC(=O)O.CC(=O)O.N=C(N)N.N=C(N)N. The van der Waals surface area contributed by atoms with Gasteiger partial charge in [-0.3, -0.25) is 25.2 Å². The number of carboxylic acid groups (broad SMARTS) is 3. The Bertz CT molecular complexity index is 216. The third-order valence-electron chi connectivity index (χ3n) is 0. The van der Waals surface area contributed by atoms with Gasteiger partial charge in [0.1, 0.15) is 0 Å². The van der Waals surface area contributed by atoms with E-state index in [-0.39, 0.29) is 11.9 Å². The van der Waals surface area contributed by atoms with Crippen molar-refractivity contribution in [2.45, 2.75) is 20.8 Å². The number of carbonyl (C=O) groups is 3. The summed E-state index contributed by atoms with van der Waals surface area (Å²) in [5, 5.41) is 34.4. The van der Waals surface area contributed by atoms with Crippen molar-refractivity contribution < 1.29 is 29.7 Å². The molecule has 0 aromatic rings. The number of guanidine groups is 2. The van der Waals surface area contributed by atoms with E-state index in [0.717, 1.165) is 20.8 Å². The van der Waals surface area contributed by atoms with Gasteiger partial charge in [-0.25, -0.2) is 0 Å². The van der Waals surface area contributed by atoms with Crippen LogP contribution in [-0.2, 0) is 14.4 Å². The van der Waals surface area contributed by atoms with Crippen LogP contribution in [0.2, 0.25) is 0 Å². The van der Waals surface area contributed by atoms with Crippen LogP contribution in [0.4, 0.5) is 0 Å². The van der Waals surface area contributed by atoms with E-state index in [0.29, 0.717) is 0 Å². The minimum Gasteiger partial charge on any atom is -0.481 e. The van der Waals surface area contributed by atoms with Gasteiger partial charge in [0.25, 0.3) is 17.9 Å². The highest BCUT2D eigenvalue weighted by atomic mass is 16.4. The monoisotopic (exact) mass is 298 g/mol. The van der Waals surface area contributed by atoms with Crippen LogP contribution in [0.3, 0.4) is 0 Å². The zero-order valence-corrected chi connectivity index (χ0v) is 11.4. The molecule has 20 heavy (non-hydrogen) atoms. The molecule has 0 aliphatic heterocycles. The molecule has 0 aliphatic rings. The van der Waals surface area contributed by atoms with E-state index < -0.39 is 17.9 Å². The van der Waals surface area contributed by atoms with E-state index in [1.165, 1.54) is 0 Å². The Kier molecular flexibility index (Phi) is 37.7. The molecule has 0 saturated carbocycles. The second kappa shape index (κ2) is 25.0. The van der Waals surface area contributed by atoms with Crippen LogP contribution in [-0.4, -0.2) is 45.1 Å². The summed E-state index contributed by atoms with van der Waals surface area (Å²) < 4.78 is 0. The Morgan fingerprint density at radius 1 is 0.650 bits per heavy atom. The molecular formula is C8H22N6O6. The molecular weight excluding hydrogens is 276 g/mol. The fourth-order valence-electron chi connectivity index (χ4n) is 0. The number of nitrogens with two attached hydrogens (primary N) is 4. The van der Waals surface area contributed by atoms with Crippen molar-refractivity contribution in [2.24, 2.45) is 22.9 Å². The lowest BCUT2D eigenvalue weighted by Gasteiger charge is -1.69. The molecule has 0 heterocycles. The van der Waals surface area contributed by atoms with Gasteiger partial charge >= 0.3 is 0 Å². The number of rotatable bonds is 0. The van der Waals surface area contributed by atoms with Gasteiger partial charge in [-0.1, -0.05) is 0 Å². The largest absolute Gasteiger partial charge is 0.481 e. The number of carboxylic acids is 3. The van der Waals surface area contributed by atoms with Crippen LogP contribution in [0, 0.1) is 10.8 Å². The van der Waals surface area contributed by atoms with E-state index in [2.05, 4.69) is 22.9 Å². The fourth-order valence-corrected chi connectivity index (χ4v) is 0. The molecule has 0 spiro atoms. The van der Waals surface area contributed by atoms with Gasteiger partial charge in [-0.15, -0.1) is 0 Å². The lowest BCUT2D eigenvalue weighted by Crippen LogP contribution is -2.20. The molecule has 0 aromatic heterocycles. The lowest BCUT2D eigenvalue weighted by atomic mass is 10.9. The molecule has 0 amide bonds.